The zero-order valence-corrected chi connectivity index (χ0v) is 15.6. The molecule has 0 radical (unpaired) electrons. The summed E-state index contributed by atoms with van der Waals surface area (Å²) in [6, 6.07) is 8.55. The summed E-state index contributed by atoms with van der Waals surface area (Å²) in [6.07, 6.45) is 0. The monoisotopic (exact) mass is 389 g/mol. The van der Waals surface area contributed by atoms with E-state index < -0.39 is 0 Å². The van der Waals surface area contributed by atoms with Crippen molar-refractivity contribution >= 4 is 29.9 Å². The van der Waals surface area contributed by atoms with Gasteiger partial charge in [-0.05, 0) is 31.9 Å². The van der Waals surface area contributed by atoms with Gasteiger partial charge in [0.05, 0.1) is 6.54 Å². The third kappa shape index (κ3) is 5.69. The summed E-state index contributed by atoms with van der Waals surface area (Å²) in [5.41, 5.74) is 2.74. The van der Waals surface area contributed by atoms with Crippen molar-refractivity contribution < 1.29 is 0 Å². The van der Waals surface area contributed by atoms with Crippen molar-refractivity contribution in [2.75, 3.05) is 19.6 Å². The number of hydrogen-bond donors (Lipinski definition) is 2. The molecule has 0 fully saturated rings. The maximum Gasteiger partial charge on any atom is 0.191 e. The summed E-state index contributed by atoms with van der Waals surface area (Å²) in [5, 5.41) is 6.52. The Morgan fingerprint density at radius 1 is 1.10 bits per heavy atom. The van der Waals surface area contributed by atoms with Crippen LogP contribution in [0.5, 0.6) is 0 Å². The molecule has 0 saturated heterocycles. The van der Waals surface area contributed by atoms with E-state index in [1.807, 2.05) is 0 Å². The van der Waals surface area contributed by atoms with Crippen molar-refractivity contribution in [1.29, 1.82) is 0 Å². The molecule has 0 spiro atoms. The number of aryl methyl sites for hydroxylation is 1. The molecule has 4 heteroatoms. The molecular formula is C16H28IN3. The van der Waals surface area contributed by atoms with E-state index in [9.17, 15) is 0 Å². The summed E-state index contributed by atoms with van der Waals surface area (Å²) in [4.78, 5) is 4.69. The van der Waals surface area contributed by atoms with Gasteiger partial charge in [-0.25, -0.2) is 0 Å². The van der Waals surface area contributed by atoms with Gasteiger partial charge in [-0.15, -0.1) is 24.0 Å². The van der Waals surface area contributed by atoms with Crippen molar-refractivity contribution in [1.82, 2.24) is 10.6 Å². The molecule has 2 N–H and O–H groups in total. The third-order valence-electron chi connectivity index (χ3n) is 3.20. The van der Waals surface area contributed by atoms with Gasteiger partial charge in [0, 0.05) is 18.5 Å². The molecule has 0 aliphatic heterocycles. The Balaban J connectivity index is 0.00000361. The first kappa shape index (κ1) is 19.2. The van der Waals surface area contributed by atoms with Crippen LogP contribution < -0.4 is 10.6 Å². The molecule has 0 aliphatic rings. The molecule has 1 rings (SSSR count). The molecule has 3 nitrogen and oxygen atoms in total. The van der Waals surface area contributed by atoms with E-state index >= 15 is 0 Å². The molecule has 0 aromatic heterocycles. The molecule has 0 saturated carbocycles. The van der Waals surface area contributed by atoms with Crippen LogP contribution in [0.3, 0.4) is 0 Å². The fourth-order valence-electron chi connectivity index (χ4n) is 2.20. The minimum atomic E-state index is 0. The molecule has 0 bridgehead atoms. The van der Waals surface area contributed by atoms with Gasteiger partial charge in [0.15, 0.2) is 5.96 Å². The highest BCUT2D eigenvalue weighted by Crippen LogP contribution is 2.26. The molecule has 0 unspecified atom stereocenters. The number of benzene rings is 1. The van der Waals surface area contributed by atoms with Crippen LogP contribution in [-0.4, -0.2) is 25.6 Å². The minimum absolute atomic E-state index is 0. The molecule has 0 heterocycles. The normalized spacial score (nSPS) is 10.4. The zero-order valence-electron chi connectivity index (χ0n) is 13.3. The average molecular weight is 389 g/mol. The van der Waals surface area contributed by atoms with Crippen LogP contribution in [-0.2, 0) is 5.41 Å². The first-order chi connectivity index (χ1) is 9.01. The maximum absolute atomic E-state index is 4.69. The summed E-state index contributed by atoms with van der Waals surface area (Å²) >= 11 is 0. The largest absolute Gasteiger partial charge is 0.357 e. The third-order valence-corrected chi connectivity index (χ3v) is 3.20. The second-order valence-corrected chi connectivity index (χ2v) is 5.42. The Kier molecular flexibility index (Phi) is 8.85. The van der Waals surface area contributed by atoms with Gasteiger partial charge in [0.2, 0.25) is 0 Å². The van der Waals surface area contributed by atoms with Gasteiger partial charge in [-0.3, -0.25) is 4.99 Å². The van der Waals surface area contributed by atoms with Crippen LogP contribution >= 0.6 is 24.0 Å². The SMILES string of the molecule is CCNC(=NCC(C)(C)c1ccccc1C)NCC.I. The molecule has 20 heavy (non-hydrogen) atoms. The highest BCUT2D eigenvalue weighted by atomic mass is 127. The van der Waals surface area contributed by atoms with Gasteiger partial charge in [0.1, 0.15) is 0 Å². The Hall–Kier alpha value is -0.780. The highest BCUT2D eigenvalue weighted by molar-refractivity contribution is 14.0. The number of hydrogen-bond acceptors (Lipinski definition) is 1. The summed E-state index contributed by atoms with van der Waals surface area (Å²) in [6.45, 7) is 13.4. The fourth-order valence-corrected chi connectivity index (χ4v) is 2.20. The van der Waals surface area contributed by atoms with Crippen molar-refractivity contribution in [3.8, 4) is 0 Å². The average Bonchev–Trinajstić information content (AvgIpc) is 2.37. The lowest BCUT2D eigenvalue weighted by molar-refractivity contribution is 0.534. The first-order valence-corrected chi connectivity index (χ1v) is 7.09. The molecule has 114 valence electrons. The second-order valence-electron chi connectivity index (χ2n) is 5.42. The predicted molar refractivity (Wildman–Crippen MR) is 99.3 cm³/mol. The van der Waals surface area contributed by atoms with E-state index in [0.717, 1.165) is 25.6 Å². The van der Waals surface area contributed by atoms with Crippen LogP contribution in [0.25, 0.3) is 0 Å². The van der Waals surface area contributed by atoms with E-state index in [1.165, 1.54) is 11.1 Å². The van der Waals surface area contributed by atoms with Crippen molar-refractivity contribution in [2.45, 2.75) is 40.0 Å². The van der Waals surface area contributed by atoms with E-state index in [-0.39, 0.29) is 29.4 Å². The summed E-state index contributed by atoms with van der Waals surface area (Å²) in [7, 11) is 0. The quantitative estimate of drug-likeness (QED) is 0.460. The standard InChI is InChI=1S/C16H27N3.HI/c1-6-17-15(18-7-2)19-12-16(4,5)14-11-9-8-10-13(14)3;/h8-11H,6-7,12H2,1-5H3,(H2,17,18,19);1H. The van der Waals surface area contributed by atoms with Crippen molar-refractivity contribution in [2.24, 2.45) is 4.99 Å². The number of guanidine groups is 1. The van der Waals surface area contributed by atoms with Gasteiger partial charge in [-0.2, -0.15) is 0 Å². The van der Waals surface area contributed by atoms with Crippen molar-refractivity contribution in [3.05, 3.63) is 35.4 Å². The summed E-state index contributed by atoms with van der Waals surface area (Å²) < 4.78 is 0. The van der Waals surface area contributed by atoms with Crippen LogP contribution in [0.2, 0.25) is 0 Å². The van der Waals surface area contributed by atoms with Gasteiger partial charge >= 0.3 is 0 Å². The Morgan fingerprint density at radius 3 is 2.15 bits per heavy atom. The van der Waals surface area contributed by atoms with E-state index in [1.54, 1.807) is 0 Å². The Labute approximate surface area is 140 Å². The molecule has 0 atom stereocenters. The highest BCUT2D eigenvalue weighted by Gasteiger charge is 2.21. The topological polar surface area (TPSA) is 36.4 Å². The van der Waals surface area contributed by atoms with E-state index in [2.05, 4.69) is 74.5 Å². The number of halogens is 1. The van der Waals surface area contributed by atoms with Crippen molar-refractivity contribution in [3.63, 3.8) is 0 Å². The van der Waals surface area contributed by atoms with Gasteiger partial charge in [0.25, 0.3) is 0 Å². The number of rotatable bonds is 5. The number of aliphatic imine (C=N–C) groups is 1. The summed E-state index contributed by atoms with van der Waals surface area (Å²) in [5.74, 6) is 0.895. The van der Waals surface area contributed by atoms with Crippen LogP contribution in [0, 0.1) is 6.92 Å². The lowest BCUT2D eigenvalue weighted by Gasteiger charge is -2.25. The fraction of sp³-hybridized carbons (Fsp3) is 0.562. The Morgan fingerprint density at radius 2 is 1.65 bits per heavy atom. The van der Waals surface area contributed by atoms with E-state index in [4.69, 9.17) is 0 Å². The molecular weight excluding hydrogens is 361 g/mol. The zero-order chi connectivity index (χ0) is 14.3. The lowest BCUT2D eigenvalue weighted by atomic mass is 9.82. The molecule has 1 aromatic rings. The number of nitrogens with one attached hydrogen (secondary N) is 2. The molecule has 1 aromatic carbocycles. The van der Waals surface area contributed by atoms with Gasteiger partial charge < -0.3 is 10.6 Å². The lowest BCUT2D eigenvalue weighted by Crippen LogP contribution is -2.38. The molecule has 0 aliphatic carbocycles. The van der Waals surface area contributed by atoms with Crippen LogP contribution in [0.1, 0.15) is 38.8 Å². The predicted octanol–water partition coefficient (Wildman–Crippen LogP) is 3.47. The van der Waals surface area contributed by atoms with Crippen LogP contribution in [0.4, 0.5) is 0 Å². The second kappa shape index (κ2) is 9.21. The van der Waals surface area contributed by atoms with E-state index in [0.29, 0.717) is 0 Å². The molecule has 0 amide bonds. The first-order valence-electron chi connectivity index (χ1n) is 7.09. The number of nitrogens with zero attached hydrogens (tertiary/aromatic N) is 1. The minimum Gasteiger partial charge on any atom is -0.357 e. The van der Waals surface area contributed by atoms with Crippen LogP contribution in [0.15, 0.2) is 29.3 Å². The maximum atomic E-state index is 4.69. The van der Waals surface area contributed by atoms with Gasteiger partial charge in [-0.1, -0.05) is 38.1 Å². The smallest absolute Gasteiger partial charge is 0.191 e. The Bertz CT molecular complexity index is 419.